The standard InChI is InChI=1S/C11H18N2O/c1-3-13(6-7-14)10-4-5-11(12)9(2)8-10/h4-5,8,14H,3,6-7,12H2,1-2H3/p+1. The lowest BCUT2D eigenvalue weighted by atomic mass is 10.1. The fourth-order valence-electron chi connectivity index (χ4n) is 1.47. The van der Waals surface area contributed by atoms with E-state index in [0.717, 1.165) is 17.9 Å². The summed E-state index contributed by atoms with van der Waals surface area (Å²) in [4.78, 5) is 2.15. The first-order chi connectivity index (χ1) is 6.69. The van der Waals surface area contributed by atoms with Crippen LogP contribution in [0, 0.1) is 6.92 Å². The summed E-state index contributed by atoms with van der Waals surface area (Å²) in [6.45, 7) is 5.93. The molecule has 0 amide bonds. The topological polar surface area (TPSA) is 51.1 Å². The predicted octanol–water partition coefficient (Wildman–Crippen LogP) is 0.687. The van der Waals surface area contributed by atoms with Gasteiger partial charge in [0.2, 0.25) is 0 Å². The van der Waals surface area contributed by atoms with Crippen LogP contribution in [0.1, 0.15) is 12.5 Å². The molecule has 0 aliphatic heterocycles. The van der Waals surface area contributed by atoms with Gasteiger partial charge in [-0.2, -0.15) is 0 Å². The molecule has 14 heavy (non-hydrogen) atoms. The van der Waals surface area contributed by atoms with Crippen molar-refractivity contribution in [3.8, 4) is 0 Å². The van der Waals surface area contributed by atoms with Crippen molar-refractivity contribution < 1.29 is 10.8 Å². The highest BCUT2D eigenvalue weighted by molar-refractivity contribution is 5.54. The van der Waals surface area contributed by atoms with Crippen molar-refractivity contribution in [3.63, 3.8) is 0 Å². The second-order valence-electron chi connectivity index (χ2n) is 3.41. The Balaban J connectivity index is 2.88. The molecule has 0 saturated carbocycles. The van der Waals surface area contributed by atoms with Crippen molar-refractivity contribution in [1.82, 2.24) is 0 Å². The highest BCUT2D eigenvalue weighted by Gasteiger charge is 2.05. The normalized spacial score (nSPS) is 10.3. The van der Waals surface area contributed by atoms with E-state index in [1.807, 2.05) is 6.07 Å². The van der Waals surface area contributed by atoms with Crippen molar-refractivity contribution >= 4 is 11.4 Å². The lowest BCUT2D eigenvalue weighted by Gasteiger charge is -2.22. The van der Waals surface area contributed by atoms with Crippen LogP contribution in [0.3, 0.4) is 0 Å². The molecular formula is C11H19N2O+. The Bertz CT molecular complexity index is 299. The molecule has 0 atom stereocenters. The minimum Gasteiger partial charge on any atom is -0.395 e. The molecule has 0 heterocycles. The summed E-state index contributed by atoms with van der Waals surface area (Å²) >= 11 is 0. The quantitative estimate of drug-likeness (QED) is 0.742. The first-order valence-electron chi connectivity index (χ1n) is 4.97. The number of likely N-dealkylation sites (N-methyl/N-ethyl adjacent to an activating group) is 1. The Morgan fingerprint density at radius 2 is 2.14 bits per heavy atom. The monoisotopic (exact) mass is 195 g/mol. The van der Waals surface area contributed by atoms with Crippen molar-refractivity contribution in [2.75, 3.05) is 24.6 Å². The number of aliphatic hydroxyl groups excluding tert-OH is 1. The van der Waals surface area contributed by atoms with E-state index < -0.39 is 0 Å². The summed E-state index contributed by atoms with van der Waals surface area (Å²) in [5.41, 5.74) is 7.34. The van der Waals surface area contributed by atoms with Gasteiger partial charge in [-0.1, -0.05) is 0 Å². The molecule has 3 heteroatoms. The molecule has 1 aromatic carbocycles. The average molecular weight is 195 g/mol. The summed E-state index contributed by atoms with van der Waals surface area (Å²) in [5.74, 6) is 0. The van der Waals surface area contributed by atoms with Crippen LogP contribution in [0.2, 0.25) is 0 Å². The molecular weight excluding hydrogens is 176 g/mol. The number of hydrogen-bond acceptors (Lipinski definition) is 2. The van der Waals surface area contributed by atoms with Crippen LogP contribution >= 0.6 is 0 Å². The lowest BCUT2D eigenvalue weighted by molar-refractivity contribution is -0.255. The summed E-state index contributed by atoms with van der Waals surface area (Å²) in [6.07, 6.45) is 0. The van der Waals surface area contributed by atoms with Gasteiger partial charge in [-0.05, 0) is 26.0 Å². The van der Waals surface area contributed by atoms with Gasteiger partial charge in [0.25, 0.3) is 0 Å². The molecule has 1 aromatic rings. The number of benzene rings is 1. The Hall–Kier alpha value is -1.06. The highest BCUT2D eigenvalue weighted by atomic mass is 16.3. The highest BCUT2D eigenvalue weighted by Crippen LogP contribution is 2.19. The first kappa shape index (κ1) is 11.0. The summed E-state index contributed by atoms with van der Waals surface area (Å²) in [6, 6.07) is 6.18. The van der Waals surface area contributed by atoms with Crippen molar-refractivity contribution in [3.05, 3.63) is 23.8 Å². The van der Waals surface area contributed by atoms with E-state index in [4.69, 9.17) is 5.11 Å². The number of hydrogen-bond donors (Lipinski definition) is 2. The van der Waals surface area contributed by atoms with Gasteiger partial charge >= 0.3 is 0 Å². The van der Waals surface area contributed by atoms with Gasteiger partial charge in [0, 0.05) is 30.4 Å². The van der Waals surface area contributed by atoms with Crippen LogP contribution in [0.15, 0.2) is 18.2 Å². The third-order valence-corrected chi connectivity index (χ3v) is 2.44. The van der Waals surface area contributed by atoms with Gasteiger partial charge in [-0.3, -0.25) is 0 Å². The molecule has 0 aromatic heterocycles. The molecule has 0 bridgehead atoms. The van der Waals surface area contributed by atoms with Gasteiger partial charge in [0.15, 0.2) is 0 Å². The zero-order valence-corrected chi connectivity index (χ0v) is 8.95. The van der Waals surface area contributed by atoms with E-state index in [2.05, 4.69) is 36.6 Å². The number of anilines is 1. The van der Waals surface area contributed by atoms with Crippen LogP contribution in [0.25, 0.3) is 0 Å². The van der Waals surface area contributed by atoms with Gasteiger partial charge in [0.05, 0.1) is 6.61 Å². The number of aliphatic hydroxyl groups is 1. The molecule has 78 valence electrons. The summed E-state index contributed by atoms with van der Waals surface area (Å²) in [7, 11) is 0. The zero-order valence-electron chi connectivity index (χ0n) is 8.95. The van der Waals surface area contributed by atoms with Crippen LogP contribution in [0.5, 0.6) is 0 Å². The van der Waals surface area contributed by atoms with Gasteiger partial charge in [-0.15, -0.1) is 0 Å². The minimum absolute atomic E-state index is 0.193. The molecule has 0 aliphatic rings. The summed E-state index contributed by atoms with van der Waals surface area (Å²) < 4.78 is 0. The Morgan fingerprint density at radius 1 is 1.43 bits per heavy atom. The maximum Gasteiger partial charge on any atom is 0.131 e. The van der Waals surface area contributed by atoms with Gasteiger partial charge < -0.3 is 15.7 Å². The molecule has 0 radical (unpaired) electrons. The van der Waals surface area contributed by atoms with Gasteiger partial charge in [-0.25, -0.2) is 0 Å². The van der Waals surface area contributed by atoms with E-state index in [-0.39, 0.29) is 6.61 Å². The van der Waals surface area contributed by atoms with E-state index >= 15 is 0 Å². The minimum atomic E-state index is 0.193. The fourth-order valence-corrected chi connectivity index (χ4v) is 1.47. The average Bonchev–Trinajstić information content (AvgIpc) is 2.19. The van der Waals surface area contributed by atoms with Crippen LogP contribution in [-0.2, 0) is 0 Å². The van der Waals surface area contributed by atoms with E-state index in [1.165, 1.54) is 5.56 Å². The van der Waals surface area contributed by atoms with Crippen LogP contribution < -0.4 is 10.6 Å². The molecule has 1 rings (SSSR count). The zero-order chi connectivity index (χ0) is 10.6. The molecule has 0 aliphatic carbocycles. The number of nitrogens with zero attached hydrogens (tertiary/aromatic N) is 1. The van der Waals surface area contributed by atoms with Crippen LogP contribution in [-0.4, -0.2) is 24.8 Å². The Labute approximate surface area is 85.2 Å². The van der Waals surface area contributed by atoms with Gasteiger partial charge in [0.1, 0.15) is 5.69 Å². The smallest absolute Gasteiger partial charge is 0.131 e. The first-order valence-corrected chi connectivity index (χ1v) is 4.97. The van der Waals surface area contributed by atoms with Crippen molar-refractivity contribution in [1.29, 1.82) is 0 Å². The fraction of sp³-hybridized carbons (Fsp3) is 0.455. The second-order valence-corrected chi connectivity index (χ2v) is 3.41. The largest absolute Gasteiger partial charge is 0.395 e. The Kier molecular flexibility index (Phi) is 3.92. The lowest BCUT2D eigenvalue weighted by Crippen LogP contribution is -2.41. The number of quaternary nitrogens is 1. The second kappa shape index (κ2) is 4.98. The Morgan fingerprint density at radius 3 is 2.64 bits per heavy atom. The van der Waals surface area contributed by atoms with Crippen molar-refractivity contribution in [2.45, 2.75) is 13.8 Å². The predicted molar refractivity (Wildman–Crippen MR) is 58.7 cm³/mol. The maximum atomic E-state index is 8.90. The molecule has 4 N–H and O–H groups in total. The molecule has 0 spiro atoms. The number of rotatable bonds is 4. The maximum absolute atomic E-state index is 8.90. The van der Waals surface area contributed by atoms with E-state index in [1.54, 1.807) is 0 Å². The third kappa shape index (κ3) is 2.47. The van der Waals surface area contributed by atoms with E-state index in [9.17, 15) is 0 Å². The third-order valence-electron chi connectivity index (χ3n) is 2.44. The molecule has 0 saturated heterocycles. The SMILES string of the molecule is CCN(CCO)c1ccc([NH3+])c(C)c1. The summed E-state index contributed by atoms with van der Waals surface area (Å²) in [5, 5.41) is 8.90. The van der Waals surface area contributed by atoms with E-state index in [0.29, 0.717) is 6.54 Å². The molecule has 3 nitrogen and oxygen atoms in total. The van der Waals surface area contributed by atoms with Crippen molar-refractivity contribution in [2.24, 2.45) is 0 Å². The number of aryl methyl sites for hydroxylation is 1. The van der Waals surface area contributed by atoms with Crippen LogP contribution in [0.4, 0.5) is 11.4 Å². The molecule has 0 fully saturated rings. The molecule has 0 unspecified atom stereocenters.